The van der Waals surface area contributed by atoms with E-state index >= 15 is 0 Å². The van der Waals surface area contributed by atoms with Crippen LogP contribution in [0.1, 0.15) is 16.7 Å². The Morgan fingerprint density at radius 3 is 1.85 bits per heavy atom. The average Bonchev–Trinajstić information content (AvgIpc) is 1.95. The Hall–Kier alpha value is -0.350. The van der Waals surface area contributed by atoms with E-state index in [9.17, 15) is 0 Å². The van der Waals surface area contributed by atoms with Crippen molar-refractivity contribution in [2.75, 3.05) is 20.0 Å². The molecule has 0 bridgehead atoms. The largest absolute Gasteiger partial charge is 0.0840 e. The zero-order chi connectivity index (χ0) is 10.1. The van der Waals surface area contributed by atoms with Gasteiger partial charge < -0.3 is 0 Å². The molecular formula is C12H20P+. The summed E-state index contributed by atoms with van der Waals surface area (Å²) in [6.45, 7) is 11.6. The van der Waals surface area contributed by atoms with Crippen molar-refractivity contribution in [3.8, 4) is 0 Å². The molecule has 0 saturated carbocycles. The lowest BCUT2D eigenvalue weighted by Gasteiger charge is -2.15. The van der Waals surface area contributed by atoms with Crippen molar-refractivity contribution >= 4 is 7.26 Å². The molecule has 0 aliphatic heterocycles. The highest BCUT2D eigenvalue weighted by molar-refractivity contribution is 7.73. The Labute approximate surface area is 82.7 Å². The van der Waals surface area contributed by atoms with Crippen LogP contribution in [-0.2, 0) is 6.16 Å². The zero-order valence-corrected chi connectivity index (χ0v) is 10.3. The van der Waals surface area contributed by atoms with Crippen LogP contribution in [0.25, 0.3) is 0 Å². The Bertz CT molecular complexity index is 274. The van der Waals surface area contributed by atoms with Crippen molar-refractivity contribution in [1.82, 2.24) is 0 Å². The van der Waals surface area contributed by atoms with E-state index < -0.39 is 7.26 Å². The lowest BCUT2D eigenvalue weighted by Crippen LogP contribution is -1.97. The molecule has 0 aliphatic rings. The van der Waals surface area contributed by atoms with Gasteiger partial charge in [0.15, 0.2) is 0 Å². The predicted molar refractivity (Wildman–Crippen MR) is 64.3 cm³/mol. The Kier molecular flexibility index (Phi) is 3.14. The fourth-order valence-electron chi connectivity index (χ4n) is 1.57. The minimum atomic E-state index is -0.691. The second kappa shape index (κ2) is 3.80. The van der Waals surface area contributed by atoms with Gasteiger partial charge in [-0.15, -0.1) is 0 Å². The maximum atomic E-state index is 2.40. The lowest BCUT2D eigenvalue weighted by atomic mass is 10.1. The number of aryl methyl sites for hydroxylation is 2. The van der Waals surface area contributed by atoms with Gasteiger partial charge in [-0.2, -0.15) is 0 Å². The third-order valence-corrected chi connectivity index (χ3v) is 3.54. The van der Waals surface area contributed by atoms with Gasteiger partial charge in [-0.05, 0) is 30.5 Å². The van der Waals surface area contributed by atoms with E-state index in [2.05, 4.69) is 52.0 Å². The molecule has 0 heterocycles. The van der Waals surface area contributed by atoms with Gasteiger partial charge in [-0.1, -0.05) is 18.2 Å². The Morgan fingerprint density at radius 1 is 1.00 bits per heavy atom. The van der Waals surface area contributed by atoms with E-state index in [4.69, 9.17) is 0 Å². The topological polar surface area (TPSA) is 0 Å². The van der Waals surface area contributed by atoms with Gasteiger partial charge in [0.05, 0.1) is 6.16 Å². The molecule has 0 spiro atoms. The maximum absolute atomic E-state index is 2.40. The van der Waals surface area contributed by atoms with Crippen molar-refractivity contribution in [2.24, 2.45) is 0 Å². The third kappa shape index (κ3) is 3.12. The molecule has 13 heavy (non-hydrogen) atoms. The number of hydrogen-bond acceptors (Lipinski definition) is 0. The van der Waals surface area contributed by atoms with Crippen LogP contribution in [0.3, 0.4) is 0 Å². The third-order valence-electron chi connectivity index (χ3n) is 2.28. The maximum Gasteiger partial charge on any atom is 0.0840 e. The fraction of sp³-hybridized carbons (Fsp3) is 0.500. The molecule has 1 heteroatoms. The van der Waals surface area contributed by atoms with E-state index in [-0.39, 0.29) is 0 Å². The fourth-order valence-corrected chi connectivity index (χ4v) is 3.02. The van der Waals surface area contributed by atoms with Gasteiger partial charge in [0.2, 0.25) is 0 Å². The highest BCUT2D eigenvalue weighted by Gasteiger charge is 2.19. The number of hydrogen-bond donors (Lipinski definition) is 0. The van der Waals surface area contributed by atoms with Crippen molar-refractivity contribution in [1.29, 1.82) is 0 Å². The Balaban J connectivity index is 3.00. The molecule has 0 nitrogen and oxygen atoms in total. The van der Waals surface area contributed by atoms with Gasteiger partial charge in [0.25, 0.3) is 0 Å². The van der Waals surface area contributed by atoms with E-state index in [1.807, 2.05) is 0 Å². The predicted octanol–water partition coefficient (Wildman–Crippen LogP) is 3.71. The molecule has 1 aromatic carbocycles. The summed E-state index contributed by atoms with van der Waals surface area (Å²) < 4.78 is 0. The quantitative estimate of drug-likeness (QED) is 0.631. The molecule has 0 saturated heterocycles. The summed E-state index contributed by atoms with van der Waals surface area (Å²) in [5, 5.41) is 0. The summed E-state index contributed by atoms with van der Waals surface area (Å²) >= 11 is 0. The van der Waals surface area contributed by atoms with Crippen molar-refractivity contribution < 1.29 is 0 Å². The molecule has 72 valence electrons. The summed E-state index contributed by atoms with van der Waals surface area (Å²) in [7, 11) is -0.691. The molecular weight excluding hydrogens is 175 g/mol. The highest BCUT2D eigenvalue weighted by atomic mass is 31.2. The summed E-state index contributed by atoms with van der Waals surface area (Å²) in [6, 6.07) is 6.59. The molecule has 1 rings (SSSR count). The van der Waals surface area contributed by atoms with Gasteiger partial charge in [-0.3, -0.25) is 0 Å². The van der Waals surface area contributed by atoms with E-state index in [1.54, 1.807) is 5.56 Å². The van der Waals surface area contributed by atoms with Crippen LogP contribution >= 0.6 is 7.26 Å². The highest BCUT2D eigenvalue weighted by Crippen LogP contribution is 2.50. The van der Waals surface area contributed by atoms with Crippen LogP contribution in [-0.4, -0.2) is 20.0 Å². The standard InChI is InChI=1S/C12H20P/c1-10-7-6-8-11(2)12(10)9-13(3,4)5/h6-8H,9H2,1-5H3/q+1. The van der Waals surface area contributed by atoms with Gasteiger partial charge in [-0.25, -0.2) is 0 Å². The van der Waals surface area contributed by atoms with E-state index in [0.29, 0.717) is 0 Å². The van der Waals surface area contributed by atoms with E-state index in [0.717, 1.165) is 0 Å². The van der Waals surface area contributed by atoms with Crippen molar-refractivity contribution in [3.05, 3.63) is 34.9 Å². The second-order valence-electron chi connectivity index (χ2n) is 4.82. The first-order valence-corrected chi connectivity index (χ1v) is 8.07. The lowest BCUT2D eigenvalue weighted by molar-refractivity contribution is 1.22. The minimum Gasteiger partial charge on any atom is -0.0617 e. The molecule has 0 aliphatic carbocycles. The normalized spacial score (nSPS) is 11.8. The first-order chi connectivity index (χ1) is 5.90. The first-order valence-electron chi connectivity index (χ1n) is 4.76. The molecule has 0 amide bonds. The zero-order valence-electron chi connectivity index (χ0n) is 9.39. The minimum absolute atomic E-state index is 0.691. The second-order valence-corrected chi connectivity index (χ2v) is 9.72. The van der Waals surface area contributed by atoms with Crippen LogP contribution in [0, 0.1) is 13.8 Å². The molecule has 0 atom stereocenters. The summed E-state index contributed by atoms with van der Waals surface area (Å²) in [6.07, 6.45) is 1.28. The Morgan fingerprint density at radius 2 is 1.46 bits per heavy atom. The van der Waals surface area contributed by atoms with Gasteiger partial charge >= 0.3 is 0 Å². The SMILES string of the molecule is Cc1cccc(C)c1C[P+](C)(C)C. The van der Waals surface area contributed by atoms with E-state index in [1.165, 1.54) is 17.3 Å². The summed E-state index contributed by atoms with van der Waals surface area (Å²) in [5.41, 5.74) is 4.48. The van der Waals surface area contributed by atoms with Crippen LogP contribution in [0.2, 0.25) is 0 Å². The van der Waals surface area contributed by atoms with Crippen LogP contribution in [0.5, 0.6) is 0 Å². The van der Waals surface area contributed by atoms with Crippen LogP contribution < -0.4 is 0 Å². The average molecular weight is 195 g/mol. The summed E-state index contributed by atoms with van der Waals surface area (Å²) in [4.78, 5) is 0. The molecule has 0 aromatic heterocycles. The molecule has 0 radical (unpaired) electrons. The molecule has 1 aromatic rings. The van der Waals surface area contributed by atoms with Crippen LogP contribution in [0.15, 0.2) is 18.2 Å². The molecule has 0 N–H and O–H groups in total. The van der Waals surface area contributed by atoms with Gasteiger partial charge in [0.1, 0.15) is 0 Å². The number of rotatable bonds is 2. The first kappa shape index (κ1) is 10.7. The van der Waals surface area contributed by atoms with Crippen molar-refractivity contribution in [2.45, 2.75) is 20.0 Å². The monoisotopic (exact) mass is 195 g/mol. The van der Waals surface area contributed by atoms with Crippen molar-refractivity contribution in [3.63, 3.8) is 0 Å². The number of benzene rings is 1. The summed E-state index contributed by atoms with van der Waals surface area (Å²) in [5.74, 6) is 0. The van der Waals surface area contributed by atoms with Gasteiger partial charge in [0, 0.05) is 27.3 Å². The smallest absolute Gasteiger partial charge is 0.0617 e. The van der Waals surface area contributed by atoms with Crippen LogP contribution in [0.4, 0.5) is 0 Å². The molecule has 0 fully saturated rings. The molecule has 0 unspecified atom stereocenters.